The van der Waals surface area contributed by atoms with E-state index in [1.54, 1.807) is 6.26 Å². The van der Waals surface area contributed by atoms with Crippen molar-refractivity contribution in [1.29, 1.82) is 0 Å². The van der Waals surface area contributed by atoms with Gasteiger partial charge in [-0.05, 0) is 38.0 Å². The minimum absolute atomic E-state index is 0.537. The molecule has 1 aromatic rings. The zero-order chi connectivity index (χ0) is 10.5. The van der Waals surface area contributed by atoms with E-state index in [9.17, 15) is 0 Å². The van der Waals surface area contributed by atoms with Gasteiger partial charge in [0, 0.05) is 11.7 Å². The van der Waals surface area contributed by atoms with Crippen molar-refractivity contribution in [2.24, 2.45) is 5.73 Å². The third kappa shape index (κ3) is 2.98. The molecule has 2 heterocycles. The Kier molecular flexibility index (Phi) is 4.09. The first-order chi connectivity index (χ1) is 7.40. The van der Waals surface area contributed by atoms with Crippen LogP contribution in [0.1, 0.15) is 36.8 Å². The Hall–Kier alpha value is -0.480. The number of hydrogen-bond donors (Lipinski definition) is 1. The second-order valence-electron chi connectivity index (χ2n) is 3.98. The maximum atomic E-state index is 5.54. The van der Waals surface area contributed by atoms with Crippen LogP contribution in [0.15, 0.2) is 10.7 Å². The lowest BCUT2D eigenvalue weighted by atomic mass is 10.1. The van der Waals surface area contributed by atoms with Crippen molar-refractivity contribution >= 4 is 11.8 Å². The van der Waals surface area contributed by atoms with Crippen molar-refractivity contribution in [2.75, 3.05) is 18.1 Å². The molecule has 15 heavy (non-hydrogen) atoms. The Balaban J connectivity index is 1.93. The zero-order valence-corrected chi connectivity index (χ0v) is 9.76. The van der Waals surface area contributed by atoms with E-state index in [2.05, 4.69) is 4.98 Å². The van der Waals surface area contributed by atoms with Crippen molar-refractivity contribution in [3.05, 3.63) is 17.8 Å². The van der Waals surface area contributed by atoms with Crippen LogP contribution in [0.4, 0.5) is 0 Å². The predicted molar refractivity (Wildman–Crippen MR) is 63.2 cm³/mol. The summed E-state index contributed by atoms with van der Waals surface area (Å²) in [7, 11) is 0. The lowest BCUT2D eigenvalue weighted by molar-refractivity contribution is 0.443. The fourth-order valence-electron chi connectivity index (χ4n) is 1.84. The van der Waals surface area contributed by atoms with Crippen molar-refractivity contribution in [1.82, 2.24) is 4.98 Å². The highest BCUT2D eigenvalue weighted by Gasteiger charge is 2.20. The van der Waals surface area contributed by atoms with Gasteiger partial charge in [-0.25, -0.2) is 4.98 Å². The summed E-state index contributed by atoms with van der Waals surface area (Å²) in [6.07, 6.45) is 6.25. The van der Waals surface area contributed by atoms with E-state index >= 15 is 0 Å². The van der Waals surface area contributed by atoms with Crippen molar-refractivity contribution in [3.63, 3.8) is 0 Å². The van der Waals surface area contributed by atoms with Gasteiger partial charge in [-0.1, -0.05) is 0 Å². The molecular formula is C11H18N2OS. The molecule has 4 heteroatoms. The van der Waals surface area contributed by atoms with Gasteiger partial charge < -0.3 is 10.2 Å². The van der Waals surface area contributed by atoms with Gasteiger partial charge in [0.2, 0.25) is 0 Å². The van der Waals surface area contributed by atoms with E-state index in [1.807, 2.05) is 11.8 Å². The van der Waals surface area contributed by atoms with Crippen LogP contribution >= 0.6 is 11.8 Å². The second kappa shape index (κ2) is 5.56. The molecular weight excluding hydrogens is 208 g/mol. The molecule has 2 rings (SSSR count). The molecule has 3 nitrogen and oxygen atoms in total. The quantitative estimate of drug-likeness (QED) is 0.855. The number of aryl methyl sites for hydroxylation is 1. The average molecular weight is 226 g/mol. The Bertz CT molecular complexity index is 295. The molecule has 0 bridgehead atoms. The summed E-state index contributed by atoms with van der Waals surface area (Å²) in [5.74, 6) is 3.93. The van der Waals surface area contributed by atoms with Crippen LogP contribution in [-0.4, -0.2) is 23.0 Å². The molecule has 0 spiro atoms. The van der Waals surface area contributed by atoms with Crippen LogP contribution in [-0.2, 0) is 6.42 Å². The Morgan fingerprint density at radius 3 is 3.27 bits per heavy atom. The largest absolute Gasteiger partial charge is 0.448 e. The number of oxazole rings is 1. The highest BCUT2D eigenvalue weighted by Crippen LogP contribution is 2.30. The first-order valence-corrected chi connectivity index (χ1v) is 6.77. The van der Waals surface area contributed by atoms with Crippen molar-refractivity contribution in [3.8, 4) is 0 Å². The van der Waals surface area contributed by atoms with E-state index < -0.39 is 0 Å². The maximum Gasteiger partial charge on any atom is 0.198 e. The van der Waals surface area contributed by atoms with Gasteiger partial charge in [-0.3, -0.25) is 0 Å². The second-order valence-corrected chi connectivity index (χ2v) is 5.13. The van der Waals surface area contributed by atoms with Crippen molar-refractivity contribution < 1.29 is 4.42 Å². The molecule has 1 aliphatic heterocycles. The molecule has 0 saturated carbocycles. The van der Waals surface area contributed by atoms with E-state index in [0.717, 1.165) is 36.7 Å². The lowest BCUT2D eigenvalue weighted by Crippen LogP contribution is -2.09. The zero-order valence-electron chi connectivity index (χ0n) is 8.95. The number of thioether (sulfide) groups is 1. The average Bonchev–Trinajstić information content (AvgIpc) is 2.76. The Labute approximate surface area is 94.8 Å². The molecule has 1 aromatic heterocycles. The highest BCUT2D eigenvalue weighted by atomic mass is 32.2. The van der Waals surface area contributed by atoms with Gasteiger partial charge in [0.1, 0.15) is 6.26 Å². The number of hydrogen-bond acceptors (Lipinski definition) is 4. The van der Waals surface area contributed by atoms with Crippen molar-refractivity contribution in [2.45, 2.75) is 31.6 Å². The molecule has 1 aliphatic rings. The first kappa shape index (κ1) is 11.0. The van der Waals surface area contributed by atoms with Crippen LogP contribution in [0.5, 0.6) is 0 Å². The minimum Gasteiger partial charge on any atom is -0.448 e. The molecule has 2 N–H and O–H groups in total. The molecule has 1 fully saturated rings. The van der Waals surface area contributed by atoms with Gasteiger partial charge in [0.05, 0.1) is 5.69 Å². The molecule has 0 amide bonds. The van der Waals surface area contributed by atoms with Gasteiger partial charge in [0.25, 0.3) is 0 Å². The molecule has 0 radical (unpaired) electrons. The summed E-state index contributed by atoms with van der Waals surface area (Å²) >= 11 is 2.00. The molecule has 1 unspecified atom stereocenters. The van der Waals surface area contributed by atoms with Gasteiger partial charge >= 0.3 is 0 Å². The molecule has 0 aromatic carbocycles. The first-order valence-electron chi connectivity index (χ1n) is 5.62. The highest BCUT2D eigenvalue weighted by molar-refractivity contribution is 7.99. The van der Waals surface area contributed by atoms with Crippen LogP contribution in [0.2, 0.25) is 0 Å². The Morgan fingerprint density at radius 2 is 2.53 bits per heavy atom. The van der Waals surface area contributed by atoms with E-state index in [1.165, 1.54) is 18.6 Å². The molecule has 0 aliphatic carbocycles. The minimum atomic E-state index is 0.537. The summed E-state index contributed by atoms with van der Waals surface area (Å²) in [4.78, 5) is 4.54. The van der Waals surface area contributed by atoms with Gasteiger partial charge in [0.15, 0.2) is 5.89 Å². The summed E-state index contributed by atoms with van der Waals surface area (Å²) in [5, 5.41) is 0. The third-order valence-corrected chi connectivity index (χ3v) is 3.93. The van der Waals surface area contributed by atoms with Crippen LogP contribution in [0.3, 0.4) is 0 Å². The normalized spacial score (nSPS) is 21.8. The summed E-state index contributed by atoms with van der Waals surface area (Å²) in [5.41, 5.74) is 6.53. The van der Waals surface area contributed by atoms with E-state index in [4.69, 9.17) is 10.2 Å². The smallest absolute Gasteiger partial charge is 0.198 e. The lowest BCUT2D eigenvalue weighted by Gasteiger charge is -2.17. The number of rotatable bonds is 4. The van der Waals surface area contributed by atoms with E-state index in [0.29, 0.717) is 5.92 Å². The van der Waals surface area contributed by atoms with E-state index in [-0.39, 0.29) is 0 Å². The summed E-state index contributed by atoms with van der Waals surface area (Å²) < 4.78 is 5.54. The fraction of sp³-hybridized carbons (Fsp3) is 0.727. The van der Waals surface area contributed by atoms with Crippen LogP contribution < -0.4 is 5.73 Å². The fourth-order valence-corrected chi connectivity index (χ4v) is 2.97. The monoisotopic (exact) mass is 226 g/mol. The molecule has 1 saturated heterocycles. The van der Waals surface area contributed by atoms with Crippen LogP contribution in [0, 0.1) is 0 Å². The number of nitrogens with two attached hydrogens (primary N) is 1. The number of nitrogens with zero attached hydrogens (tertiary/aromatic N) is 1. The standard InChI is InChI=1S/C11H18N2OS/c12-5-1-4-10-7-14-11(13-10)9-3-2-6-15-8-9/h7,9H,1-6,8,12H2. The van der Waals surface area contributed by atoms with Crippen LogP contribution in [0.25, 0.3) is 0 Å². The number of aromatic nitrogens is 1. The topological polar surface area (TPSA) is 52.0 Å². The SMILES string of the molecule is NCCCc1coc(C2CCCSC2)n1. The van der Waals surface area contributed by atoms with Gasteiger partial charge in [-0.2, -0.15) is 11.8 Å². The maximum absolute atomic E-state index is 5.54. The Morgan fingerprint density at radius 1 is 1.60 bits per heavy atom. The molecule has 84 valence electrons. The molecule has 1 atom stereocenters. The summed E-state index contributed by atoms with van der Waals surface area (Å²) in [6.45, 7) is 0.724. The summed E-state index contributed by atoms with van der Waals surface area (Å²) in [6, 6.07) is 0. The third-order valence-electron chi connectivity index (χ3n) is 2.72. The van der Waals surface area contributed by atoms with Gasteiger partial charge in [-0.15, -0.1) is 0 Å². The predicted octanol–water partition coefficient (Wildman–Crippen LogP) is 2.18.